The highest BCUT2D eigenvalue weighted by molar-refractivity contribution is 5.79. The molecule has 3 nitrogen and oxygen atoms in total. The quantitative estimate of drug-likeness (QED) is 0.854. The Labute approximate surface area is 111 Å². The van der Waals surface area contributed by atoms with Gasteiger partial charge in [-0.15, -0.1) is 0 Å². The van der Waals surface area contributed by atoms with Crippen LogP contribution < -0.4 is 5.32 Å². The lowest BCUT2D eigenvalue weighted by Crippen LogP contribution is -2.48. The summed E-state index contributed by atoms with van der Waals surface area (Å²) in [4.78, 5) is 12.0. The van der Waals surface area contributed by atoms with Crippen molar-refractivity contribution >= 4 is 5.97 Å². The van der Waals surface area contributed by atoms with Crippen LogP contribution >= 0.6 is 0 Å². The van der Waals surface area contributed by atoms with Gasteiger partial charge in [0, 0.05) is 11.6 Å². The maximum absolute atomic E-state index is 13.9. The minimum atomic E-state index is -0.748. The van der Waals surface area contributed by atoms with E-state index >= 15 is 0 Å². The Balaban J connectivity index is 2.41. The number of hydrogen-bond donors (Lipinski definition) is 1. The Morgan fingerprint density at radius 2 is 2.11 bits per heavy atom. The molecule has 0 aliphatic heterocycles. The van der Waals surface area contributed by atoms with Gasteiger partial charge in [0.25, 0.3) is 0 Å². The van der Waals surface area contributed by atoms with E-state index in [1.54, 1.807) is 7.05 Å². The second-order valence-corrected chi connectivity index (χ2v) is 4.89. The van der Waals surface area contributed by atoms with Crippen LogP contribution in [0.25, 0.3) is 0 Å². The van der Waals surface area contributed by atoms with Crippen molar-refractivity contribution in [2.75, 3.05) is 14.2 Å². The molecule has 1 saturated carbocycles. The third-order valence-electron chi connectivity index (χ3n) is 3.95. The first-order chi connectivity index (χ1) is 9.05. The van der Waals surface area contributed by atoms with Gasteiger partial charge in [0.05, 0.1) is 18.6 Å². The van der Waals surface area contributed by atoms with Gasteiger partial charge in [-0.3, -0.25) is 4.79 Å². The van der Waals surface area contributed by atoms with Gasteiger partial charge in [0.2, 0.25) is 0 Å². The summed E-state index contributed by atoms with van der Waals surface area (Å²) in [5.41, 5.74) is -0.448. The molecule has 2 rings (SSSR count). The Bertz CT molecular complexity index is 486. The highest BCUT2D eigenvalue weighted by Crippen LogP contribution is 2.51. The maximum atomic E-state index is 13.9. The van der Waals surface area contributed by atoms with Gasteiger partial charge in [-0.2, -0.15) is 0 Å². The van der Waals surface area contributed by atoms with Crippen molar-refractivity contribution < 1.29 is 18.3 Å². The summed E-state index contributed by atoms with van der Waals surface area (Å²) < 4.78 is 31.7. The summed E-state index contributed by atoms with van der Waals surface area (Å²) in [6, 6.07) is 2.92. The zero-order chi connectivity index (χ0) is 14.0. The number of nitrogens with one attached hydrogen (secondary N) is 1. The number of carbonyl (C=O) groups is 1. The first kappa shape index (κ1) is 13.9. The minimum absolute atomic E-state index is 0.300. The predicted molar refractivity (Wildman–Crippen MR) is 66.5 cm³/mol. The summed E-state index contributed by atoms with van der Waals surface area (Å²) >= 11 is 0. The molecule has 19 heavy (non-hydrogen) atoms. The summed E-state index contributed by atoms with van der Waals surface area (Å²) in [5.74, 6) is -1.62. The number of rotatable bonds is 4. The highest BCUT2D eigenvalue weighted by Gasteiger charge is 2.52. The van der Waals surface area contributed by atoms with E-state index in [2.05, 4.69) is 5.32 Å². The molecule has 1 atom stereocenters. The lowest BCUT2D eigenvalue weighted by Gasteiger charge is -2.45. The van der Waals surface area contributed by atoms with Crippen LogP contribution in [0.15, 0.2) is 18.2 Å². The van der Waals surface area contributed by atoms with Crippen LogP contribution in [0.5, 0.6) is 0 Å². The molecule has 1 N–H and O–H groups in total. The van der Waals surface area contributed by atoms with Crippen LogP contribution in [-0.2, 0) is 9.53 Å². The molecule has 1 aromatic rings. The van der Waals surface area contributed by atoms with Gasteiger partial charge in [-0.05, 0) is 26.0 Å². The van der Waals surface area contributed by atoms with E-state index in [0.717, 1.165) is 12.5 Å². The van der Waals surface area contributed by atoms with Crippen molar-refractivity contribution in [2.45, 2.75) is 25.3 Å². The van der Waals surface area contributed by atoms with Crippen molar-refractivity contribution in [3.8, 4) is 0 Å². The molecule has 1 aliphatic carbocycles. The summed E-state index contributed by atoms with van der Waals surface area (Å²) in [7, 11) is 2.99. The molecule has 0 bridgehead atoms. The molecule has 1 fully saturated rings. The number of ether oxygens (including phenoxy) is 1. The third-order valence-corrected chi connectivity index (χ3v) is 3.95. The van der Waals surface area contributed by atoms with Crippen molar-refractivity contribution in [1.29, 1.82) is 0 Å². The largest absolute Gasteiger partial charge is 0.469 e. The first-order valence-corrected chi connectivity index (χ1v) is 6.26. The second kappa shape index (κ2) is 5.25. The zero-order valence-electron chi connectivity index (χ0n) is 11.0. The molecule has 0 spiro atoms. The van der Waals surface area contributed by atoms with Crippen molar-refractivity contribution in [3.63, 3.8) is 0 Å². The fourth-order valence-electron chi connectivity index (χ4n) is 2.84. The molecule has 0 aromatic heterocycles. The molecular formula is C14H17F2NO2. The number of methoxy groups -OCH3 is 1. The molecule has 1 aromatic carbocycles. The standard InChI is InChI=1S/C14H17F2NO2/c1-17-12(10-5-4-9(15)8-11(10)16)14(6-3-7-14)13(18)19-2/h4-5,8,12,17H,3,6-7H2,1-2H3. The third kappa shape index (κ3) is 2.23. The fourth-order valence-corrected chi connectivity index (χ4v) is 2.84. The van der Waals surface area contributed by atoms with Crippen LogP contribution in [0.3, 0.4) is 0 Å². The smallest absolute Gasteiger partial charge is 0.313 e. The molecule has 0 radical (unpaired) electrons. The normalized spacial score (nSPS) is 18.5. The van der Waals surface area contributed by atoms with E-state index in [1.165, 1.54) is 19.2 Å². The fraction of sp³-hybridized carbons (Fsp3) is 0.500. The summed E-state index contributed by atoms with van der Waals surface area (Å²) in [6.45, 7) is 0. The number of esters is 1. The highest BCUT2D eigenvalue weighted by atomic mass is 19.1. The average molecular weight is 269 g/mol. The first-order valence-electron chi connectivity index (χ1n) is 6.26. The van der Waals surface area contributed by atoms with Crippen molar-refractivity contribution in [1.82, 2.24) is 5.32 Å². The second-order valence-electron chi connectivity index (χ2n) is 4.89. The van der Waals surface area contributed by atoms with Gasteiger partial charge in [0.15, 0.2) is 0 Å². The lowest BCUT2D eigenvalue weighted by atomic mass is 9.62. The molecular weight excluding hydrogens is 252 g/mol. The van der Waals surface area contributed by atoms with Gasteiger partial charge >= 0.3 is 5.97 Å². The van der Waals surface area contributed by atoms with Crippen molar-refractivity contribution in [3.05, 3.63) is 35.4 Å². The molecule has 1 unspecified atom stereocenters. The average Bonchev–Trinajstić information content (AvgIpc) is 2.34. The zero-order valence-corrected chi connectivity index (χ0v) is 11.0. The van der Waals surface area contributed by atoms with Gasteiger partial charge in [-0.25, -0.2) is 8.78 Å². The number of carbonyl (C=O) groups excluding carboxylic acids is 1. The lowest BCUT2D eigenvalue weighted by molar-refractivity contribution is -0.161. The number of hydrogen-bond acceptors (Lipinski definition) is 3. The molecule has 1 aliphatic rings. The Hall–Kier alpha value is -1.49. The number of benzene rings is 1. The van der Waals surface area contributed by atoms with E-state index in [1.807, 2.05) is 0 Å². The predicted octanol–water partition coefficient (Wildman–Crippen LogP) is 2.57. The van der Waals surface area contributed by atoms with E-state index in [0.29, 0.717) is 18.4 Å². The molecule has 0 heterocycles. The summed E-state index contributed by atoms with van der Waals surface area (Å²) in [5, 5.41) is 2.97. The van der Waals surface area contributed by atoms with E-state index in [4.69, 9.17) is 4.74 Å². The van der Waals surface area contributed by atoms with Gasteiger partial charge < -0.3 is 10.1 Å². The van der Waals surface area contributed by atoms with Crippen LogP contribution in [0.2, 0.25) is 0 Å². The molecule has 104 valence electrons. The Morgan fingerprint density at radius 1 is 1.42 bits per heavy atom. The van der Waals surface area contributed by atoms with Crippen LogP contribution in [0, 0.1) is 17.0 Å². The van der Waals surface area contributed by atoms with Crippen LogP contribution in [0.1, 0.15) is 30.9 Å². The van der Waals surface area contributed by atoms with Crippen LogP contribution in [-0.4, -0.2) is 20.1 Å². The monoisotopic (exact) mass is 269 g/mol. The van der Waals surface area contributed by atoms with Gasteiger partial charge in [-0.1, -0.05) is 12.5 Å². The molecule has 5 heteroatoms. The van der Waals surface area contributed by atoms with E-state index in [9.17, 15) is 13.6 Å². The SMILES string of the molecule is CNC(c1ccc(F)cc1F)C1(C(=O)OC)CCC1. The minimum Gasteiger partial charge on any atom is -0.469 e. The molecule has 0 amide bonds. The van der Waals surface area contributed by atoms with Gasteiger partial charge in [0.1, 0.15) is 11.6 Å². The van der Waals surface area contributed by atoms with E-state index in [-0.39, 0.29) is 5.97 Å². The Morgan fingerprint density at radius 3 is 2.53 bits per heavy atom. The maximum Gasteiger partial charge on any atom is 0.313 e. The number of halogens is 2. The van der Waals surface area contributed by atoms with Crippen molar-refractivity contribution in [2.24, 2.45) is 5.41 Å². The summed E-state index contributed by atoms with van der Waals surface area (Å²) in [6.07, 6.45) is 2.18. The molecule has 0 saturated heterocycles. The van der Waals surface area contributed by atoms with E-state index < -0.39 is 23.1 Å². The topological polar surface area (TPSA) is 38.3 Å². The Kier molecular flexibility index (Phi) is 3.85. The van der Waals surface area contributed by atoms with Crippen LogP contribution in [0.4, 0.5) is 8.78 Å².